The van der Waals surface area contributed by atoms with Crippen molar-refractivity contribution in [3.63, 3.8) is 0 Å². The third kappa shape index (κ3) is 6.98. The molecule has 1 aliphatic rings. The van der Waals surface area contributed by atoms with Gasteiger partial charge in [0.2, 0.25) is 0 Å². The van der Waals surface area contributed by atoms with Gasteiger partial charge in [-0.2, -0.15) is 0 Å². The van der Waals surface area contributed by atoms with Crippen molar-refractivity contribution in [2.24, 2.45) is 0 Å². The normalized spacial score (nSPS) is 16.7. The number of amides is 1. The van der Waals surface area contributed by atoms with Crippen LogP contribution in [-0.2, 0) is 16.0 Å². The molecule has 1 heterocycles. The second-order valence-electron chi connectivity index (χ2n) is 7.03. The summed E-state index contributed by atoms with van der Waals surface area (Å²) in [6, 6.07) is 8.81. The fourth-order valence-corrected chi connectivity index (χ4v) is 2.74. The van der Waals surface area contributed by atoms with Crippen LogP contribution in [0.4, 0.5) is 4.79 Å². The predicted octanol–water partition coefficient (Wildman–Crippen LogP) is -2.10. The van der Waals surface area contributed by atoms with Gasteiger partial charge in [0.25, 0.3) is 0 Å². The van der Waals surface area contributed by atoms with Crippen LogP contribution in [0.15, 0.2) is 30.3 Å². The van der Waals surface area contributed by atoms with Gasteiger partial charge in [0, 0.05) is 26.2 Å². The van der Waals surface area contributed by atoms with Gasteiger partial charge in [0.15, 0.2) is 0 Å². The van der Waals surface area contributed by atoms with E-state index >= 15 is 0 Å². The molecule has 2 rings (SSSR count). The van der Waals surface area contributed by atoms with Crippen molar-refractivity contribution in [2.45, 2.75) is 38.8 Å². The van der Waals surface area contributed by atoms with Gasteiger partial charge in [-0.3, -0.25) is 4.90 Å². The molecule has 25 heavy (non-hydrogen) atoms. The molecule has 1 amide bonds. The molecule has 0 aromatic heterocycles. The maximum Gasteiger partial charge on any atom is 1.00 e. The van der Waals surface area contributed by atoms with Crippen molar-refractivity contribution in [3.8, 4) is 0 Å². The first-order valence-electron chi connectivity index (χ1n) is 8.23. The van der Waals surface area contributed by atoms with Crippen LogP contribution in [0.5, 0.6) is 0 Å². The van der Waals surface area contributed by atoms with Gasteiger partial charge in [-0.25, -0.2) is 4.79 Å². The molecule has 0 bridgehead atoms. The van der Waals surface area contributed by atoms with Crippen molar-refractivity contribution in [3.05, 3.63) is 35.9 Å². The smallest absolute Gasteiger partial charge is 0.548 e. The molecule has 1 aromatic carbocycles. The Morgan fingerprint density at radius 2 is 1.68 bits per heavy atom. The van der Waals surface area contributed by atoms with Crippen LogP contribution >= 0.6 is 0 Å². The van der Waals surface area contributed by atoms with E-state index in [1.807, 2.05) is 56.0 Å². The minimum absolute atomic E-state index is 0. The number of hydrogen-bond acceptors (Lipinski definition) is 5. The Labute approximate surface area is 171 Å². The summed E-state index contributed by atoms with van der Waals surface area (Å²) in [4.78, 5) is 27.1. The van der Waals surface area contributed by atoms with E-state index in [4.69, 9.17) is 4.74 Å². The Morgan fingerprint density at radius 1 is 1.12 bits per heavy atom. The molecule has 0 aliphatic carbocycles. The third-order valence-electron chi connectivity index (χ3n) is 3.95. The van der Waals surface area contributed by atoms with Gasteiger partial charge in [-0.1, -0.05) is 30.3 Å². The molecule has 6 nitrogen and oxygen atoms in total. The number of piperazine rings is 1. The van der Waals surface area contributed by atoms with Crippen molar-refractivity contribution < 1.29 is 49.0 Å². The van der Waals surface area contributed by atoms with E-state index in [1.54, 1.807) is 4.90 Å². The summed E-state index contributed by atoms with van der Waals surface area (Å²) in [6.45, 7) is 7.36. The third-order valence-corrected chi connectivity index (χ3v) is 3.95. The topological polar surface area (TPSA) is 72.9 Å². The molecule has 1 saturated heterocycles. The molecule has 0 saturated carbocycles. The Kier molecular flexibility index (Phi) is 8.41. The molecule has 1 atom stereocenters. The largest absolute Gasteiger partial charge is 1.00 e. The zero-order valence-corrected chi connectivity index (χ0v) is 17.5. The molecule has 0 N–H and O–H groups in total. The van der Waals surface area contributed by atoms with Crippen LogP contribution in [0.1, 0.15) is 26.3 Å². The summed E-state index contributed by atoms with van der Waals surface area (Å²) in [5.74, 6) is -1.08. The van der Waals surface area contributed by atoms with Gasteiger partial charge in [-0.05, 0) is 32.8 Å². The van der Waals surface area contributed by atoms with E-state index < -0.39 is 17.6 Å². The molecular formula is C18H25N2NaO4. The van der Waals surface area contributed by atoms with E-state index in [2.05, 4.69) is 0 Å². The summed E-state index contributed by atoms with van der Waals surface area (Å²) in [5.41, 5.74) is 0.427. The van der Waals surface area contributed by atoms with E-state index in [-0.39, 0.29) is 35.7 Å². The molecule has 132 valence electrons. The van der Waals surface area contributed by atoms with E-state index in [0.29, 0.717) is 32.6 Å². The summed E-state index contributed by atoms with van der Waals surface area (Å²) in [5, 5.41) is 11.5. The number of carbonyl (C=O) groups is 2. The summed E-state index contributed by atoms with van der Waals surface area (Å²) in [7, 11) is 0. The molecule has 1 aromatic rings. The summed E-state index contributed by atoms with van der Waals surface area (Å²) in [6.07, 6.45) is 0.0468. The van der Waals surface area contributed by atoms with Crippen LogP contribution in [-0.4, -0.2) is 59.7 Å². The van der Waals surface area contributed by atoms with E-state index in [1.165, 1.54) is 0 Å². The van der Waals surface area contributed by atoms with Crippen LogP contribution in [0, 0.1) is 0 Å². The standard InChI is InChI=1S/C18H26N2O4.Na/c1-18(2,3)24-17(23)20-11-9-19(10-12-20)15(16(21)22)13-14-7-5-4-6-8-14;/h4-8,15H,9-13H2,1-3H3,(H,21,22);/q;+1/p-1. The number of ether oxygens (including phenoxy) is 1. The van der Waals surface area contributed by atoms with Gasteiger partial charge in [0.1, 0.15) is 5.60 Å². The van der Waals surface area contributed by atoms with Gasteiger partial charge < -0.3 is 19.5 Å². The minimum atomic E-state index is -1.08. The second kappa shape index (κ2) is 9.57. The maximum absolute atomic E-state index is 12.1. The van der Waals surface area contributed by atoms with Crippen LogP contribution in [0.25, 0.3) is 0 Å². The van der Waals surface area contributed by atoms with Crippen LogP contribution in [0.3, 0.4) is 0 Å². The first kappa shape index (κ1) is 22.0. The number of nitrogens with zero attached hydrogens (tertiary/aromatic N) is 2. The quantitative estimate of drug-likeness (QED) is 0.578. The summed E-state index contributed by atoms with van der Waals surface area (Å²) < 4.78 is 5.36. The molecule has 0 radical (unpaired) electrons. The summed E-state index contributed by atoms with van der Waals surface area (Å²) >= 11 is 0. The number of aliphatic carboxylic acids is 1. The predicted molar refractivity (Wildman–Crippen MR) is 88.3 cm³/mol. The molecule has 0 spiro atoms. The zero-order chi connectivity index (χ0) is 17.7. The second-order valence-corrected chi connectivity index (χ2v) is 7.03. The average molecular weight is 356 g/mol. The molecule has 1 fully saturated rings. The number of hydrogen-bond donors (Lipinski definition) is 0. The van der Waals surface area contributed by atoms with Crippen molar-refractivity contribution in [1.82, 2.24) is 9.80 Å². The minimum Gasteiger partial charge on any atom is -0.548 e. The van der Waals surface area contributed by atoms with Gasteiger partial charge in [-0.15, -0.1) is 0 Å². The number of benzene rings is 1. The first-order chi connectivity index (χ1) is 11.3. The average Bonchev–Trinajstić information content (AvgIpc) is 2.52. The number of carboxylic acids is 1. The van der Waals surface area contributed by atoms with Crippen molar-refractivity contribution in [1.29, 1.82) is 0 Å². The Morgan fingerprint density at radius 3 is 2.16 bits per heavy atom. The SMILES string of the molecule is CC(C)(C)OC(=O)N1CCN(C(Cc2ccccc2)C(=O)[O-])CC1.[Na+]. The Bertz CT molecular complexity index is 566. The van der Waals surface area contributed by atoms with Crippen molar-refractivity contribution in [2.75, 3.05) is 26.2 Å². The van der Waals surface area contributed by atoms with Crippen molar-refractivity contribution >= 4 is 12.1 Å². The number of carbonyl (C=O) groups excluding carboxylic acids is 2. The fourth-order valence-electron chi connectivity index (χ4n) is 2.74. The van der Waals surface area contributed by atoms with E-state index in [0.717, 1.165) is 5.56 Å². The zero-order valence-electron chi connectivity index (χ0n) is 15.5. The van der Waals surface area contributed by atoms with Gasteiger partial charge >= 0.3 is 35.7 Å². The number of rotatable bonds is 4. The monoisotopic (exact) mass is 356 g/mol. The van der Waals surface area contributed by atoms with Crippen LogP contribution in [0.2, 0.25) is 0 Å². The maximum atomic E-state index is 12.1. The van der Waals surface area contributed by atoms with Gasteiger partial charge in [0.05, 0.1) is 12.0 Å². The Balaban J connectivity index is 0.00000312. The number of carboxylic acid groups (broad SMARTS) is 1. The Hall–Kier alpha value is -1.08. The first-order valence-corrected chi connectivity index (χ1v) is 8.23. The molecule has 1 aliphatic heterocycles. The molecule has 1 unspecified atom stereocenters. The van der Waals surface area contributed by atoms with E-state index in [9.17, 15) is 14.7 Å². The fraction of sp³-hybridized carbons (Fsp3) is 0.556. The molecule has 7 heteroatoms. The molecular weight excluding hydrogens is 331 g/mol. The van der Waals surface area contributed by atoms with Crippen LogP contribution < -0.4 is 34.7 Å².